The second-order valence-electron chi connectivity index (χ2n) is 6.46. The maximum absolute atomic E-state index is 11.9. The van der Waals surface area contributed by atoms with Crippen molar-refractivity contribution in [1.29, 1.82) is 0 Å². The molecule has 0 aliphatic rings. The minimum Gasteiger partial charge on any atom is -0.490 e. The summed E-state index contributed by atoms with van der Waals surface area (Å²) < 4.78 is 18.0. The van der Waals surface area contributed by atoms with Gasteiger partial charge in [-0.3, -0.25) is 0 Å². The minimum absolute atomic E-state index is 0.349. The van der Waals surface area contributed by atoms with Gasteiger partial charge in [0.15, 0.2) is 11.5 Å². The number of urea groups is 1. The molecule has 3 aromatic carbocycles. The van der Waals surface area contributed by atoms with Crippen LogP contribution in [0, 0.1) is 0 Å². The number of nitrogens with zero attached hydrogens (tertiary/aromatic N) is 1. The number of hydrogen-bond donors (Lipinski definition) is 2. The lowest BCUT2D eigenvalue weighted by Gasteiger charge is -2.15. The third-order valence-electron chi connectivity index (χ3n) is 4.08. The van der Waals surface area contributed by atoms with Crippen molar-refractivity contribution in [3.8, 4) is 17.2 Å². The summed E-state index contributed by atoms with van der Waals surface area (Å²) in [6.45, 7) is 3.11. The number of anilines is 1. The van der Waals surface area contributed by atoms with Crippen molar-refractivity contribution in [3.05, 3.63) is 82.8 Å². The van der Waals surface area contributed by atoms with Gasteiger partial charge in [0.25, 0.3) is 0 Å². The zero-order chi connectivity index (χ0) is 22.6. The number of carbonyl (C=O) groups excluding carboxylic acids is 1. The molecule has 3 aromatic rings. The summed E-state index contributed by atoms with van der Waals surface area (Å²) >= 11 is 3.52. The smallest absolute Gasteiger partial charge is 0.339 e. The molecule has 7 nitrogen and oxygen atoms in total. The predicted octanol–water partition coefficient (Wildman–Crippen LogP) is 5.46. The van der Waals surface area contributed by atoms with Crippen LogP contribution in [0.3, 0.4) is 0 Å². The molecule has 32 heavy (non-hydrogen) atoms. The second kappa shape index (κ2) is 12.4. The van der Waals surface area contributed by atoms with Crippen LogP contribution >= 0.6 is 15.9 Å². The summed E-state index contributed by atoms with van der Waals surface area (Å²) in [5.41, 5.74) is 3.85. The van der Waals surface area contributed by atoms with Gasteiger partial charge >= 0.3 is 6.03 Å². The molecule has 0 heterocycles. The Morgan fingerprint density at radius 1 is 0.969 bits per heavy atom. The lowest BCUT2D eigenvalue weighted by atomic mass is 10.2. The van der Waals surface area contributed by atoms with Gasteiger partial charge in [-0.1, -0.05) is 36.4 Å². The molecule has 0 aliphatic carbocycles. The molecule has 0 aromatic heterocycles. The first-order valence-corrected chi connectivity index (χ1v) is 10.9. The van der Waals surface area contributed by atoms with E-state index in [1.54, 1.807) is 18.2 Å². The molecular formula is C24H24BrN3O4. The molecule has 0 saturated heterocycles. The van der Waals surface area contributed by atoms with E-state index < -0.39 is 6.03 Å². The number of rotatable bonds is 10. The first-order valence-electron chi connectivity index (χ1n) is 10.1. The normalized spacial score (nSPS) is 10.6. The van der Waals surface area contributed by atoms with E-state index in [0.29, 0.717) is 41.5 Å². The Morgan fingerprint density at radius 3 is 2.38 bits per heavy atom. The fraction of sp³-hybridized carbons (Fsp3) is 0.167. The van der Waals surface area contributed by atoms with Crippen LogP contribution in [0.4, 0.5) is 10.5 Å². The fourth-order valence-electron chi connectivity index (χ4n) is 2.73. The third kappa shape index (κ3) is 7.31. The van der Waals surface area contributed by atoms with E-state index in [1.165, 1.54) is 6.21 Å². The third-order valence-corrected chi connectivity index (χ3v) is 4.67. The Bertz CT molecular complexity index is 1030. The predicted molar refractivity (Wildman–Crippen MR) is 129 cm³/mol. The van der Waals surface area contributed by atoms with Gasteiger partial charge in [-0.05, 0) is 64.8 Å². The number of carbonyl (C=O) groups is 1. The van der Waals surface area contributed by atoms with Gasteiger partial charge in [0.1, 0.15) is 19.0 Å². The highest BCUT2D eigenvalue weighted by Crippen LogP contribution is 2.36. The first-order chi connectivity index (χ1) is 15.7. The first kappa shape index (κ1) is 23.1. The molecular weight excluding hydrogens is 474 g/mol. The number of amides is 2. The van der Waals surface area contributed by atoms with Crippen LogP contribution in [-0.4, -0.2) is 32.1 Å². The van der Waals surface area contributed by atoms with Gasteiger partial charge in [-0.2, -0.15) is 5.10 Å². The summed E-state index contributed by atoms with van der Waals surface area (Å²) in [6, 6.07) is 21.9. The maximum Gasteiger partial charge on any atom is 0.339 e. The Balaban J connectivity index is 1.57. The van der Waals surface area contributed by atoms with E-state index in [4.69, 9.17) is 14.2 Å². The van der Waals surface area contributed by atoms with Crippen LogP contribution < -0.4 is 25.0 Å². The summed E-state index contributed by atoms with van der Waals surface area (Å²) in [4.78, 5) is 11.9. The highest BCUT2D eigenvalue weighted by Gasteiger charge is 2.12. The number of hydrazone groups is 1. The Hall–Kier alpha value is -3.52. The van der Waals surface area contributed by atoms with Crippen molar-refractivity contribution in [2.24, 2.45) is 5.10 Å². The lowest BCUT2D eigenvalue weighted by Crippen LogP contribution is -2.24. The number of nitrogens with one attached hydrogen (secondary N) is 2. The molecule has 2 amide bonds. The SMILES string of the molecule is CCOc1cc(/C=N/NC(=O)Nc2ccccc2)cc(Br)c1OCCOc1ccccc1. The molecule has 0 unspecified atom stereocenters. The van der Waals surface area contributed by atoms with Gasteiger partial charge in [0.05, 0.1) is 17.3 Å². The molecule has 0 bridgehead atoms. The van der Waals surface area contributed by atoms with E-state index in [9.17, 15) is 4.79 Å². The number of benzene rings is 3. The highest BCUT2D eigenvalue weighted by atomic mass is 79.9. The van der Waals surface area contributed by atoms with Crippen LogP contribution in [0.15, 0.2) is 82.4 Å². The van der Waals surface area contributed by atoms with Gasteiger partial charge in [0, 0.05) is 5.69 Å². The molecule has 8 heteroatoms. The van der Waals surface area contributed by atoms with Crippen molar-refractivity contribution in [2.75, 3.05) is 25.1 Å². The van der Waals surface area contributed by atoms with E-state index in [1.807, 2.05) is 61.5 Å². The van der Waals surface area contributed by atoms with Crippen molar-refractivity contribution in [1.82, 2.24) is 5.43 Å². The number of ether oxygens (including phenoxy) is 3. The van der Waals surface area contributed by atoms with Crippen molar-refractivity contribution >= 4 is 33.9 Å². The van der Waals surface area contributed by atoms with Gasteiger partial charge in [-0.15, -0.1) is 0 Å². The highest BCUT2D eigenvalue weighted by molar-refractivity contribution is 9.10. The molecule has 2 N–H and O–H groups in total. The largest absolute Gasteiger partial charge is 0.490 e. The topological polar surface area (TPSA) is 81.2 Å². The number of halogens is 1. The monoisotopic (exact) mass is 497 g/mol. The second-order valence-corrected chi connectivity index (χ2v) is 7.32. The summed E-state index contributed by atoms with van der Waals surface area (Å²) in [5, 5.41) is 6.69. The van der Waals surface area contributed by atoms with Gasteiger partial charge < -0.3 is 19.5 Å². The Kier molecular flexibility index (Phi) is 8.94. The minimum atomic E-state index is -0.435. The quantitative estimate of drug-likeness (QED) is 0.221. The number of hydrogen-bond acceptors (Lipinski definition) is 5. The molecule has 0 fully saturated rings. The van der Waals surface area contributed by atoms with Crippen LogP contribution in [-0.2, 0) is 0 Å². The van der Waals surface area contributed by atoms with Gasteiger partial charge in [-0.25, -0.2) is 10.2 Å². The summed E-state index contributed by atoms with van der Waals surface area (Å²) in [7, 11) is 0. The molecule has 0 spiro atoms. The molecule has 0 saturated carbocycles. The molecule has 166 valence electrons. The molecule has 0 radical (unpaired) electrons. The lowest BCUT2D eigenvalue weighted by molar-refractivity contribution is 0.207. The molecule has 3 rings (SSSR count). The Labute approximate surface area is 195 Å². The van der Waals surface area contributed by atoms with Crippen molar-refractivity contribution in [3.63, 3.8) is 0 Å². The fourth-order valence-corrected chi connectivity index (χ4v) is 3.31. The molecule has 0 aliphatic heterocycles. The van der Waals surface area contributed by atoms with Gasteiger partial charge in [0.2, 0.25) is 0 Å². The van der Waals surface area contributed by atoms with E-state index in [2.05, 4.69) is 31.8 Å². The van der Waals surface area contributed by atoms with Crippen LogP contribution in [0.1, 0.15) is 12.5 Å². The van der Waals surface area contributed by atoms with Crippen LogP contribution in [0.25, 0.3) is 0 Å². The summed E-state index contributed by atoms with van der Waals surface area (Å²) in [5.74, 6) is 1.93. The van der Waals surface area contributed by atoms with E-state index in [-0.39, 0.29) is 0 Å². The van der Waals surface area contributed by atoms with Crippen molar-refractivity contribution < 1.29 is 19.0 Å². The van der Waals surface area contributed by atoms with E-state index >= 15 is 0 Å². The maximum atomic E-state index is 11.9. The van der Waals surface area contributed by atoms with Crippen molar-refractivity contribution in [2.45, 2.75) is 6.92 Å². The summed E-state index contributed by atoms with van der Waals surface area (Å²) in [6.07, 6.45) is 1.53. The van der Waals surface area contributed by atoms with E-state index in [0.717, 1.165) is 11.3 Å². The standard InChI is InChI=1S/C24H24BrN3O4/c1-2-30-22-16-18(17-26-28-24(29)27-19-9-5-3-6-10-19)15-21(25)23(22)32-14-13-31-20-11-7-4-8-12-20/h3-12,15-17H,2,13-14H2,1H3,(H2,27,28,29)/b26-17+. The zero-order valence-electron chi connectivity index (χ0n) is 17.6. The zero-order valence-corrected chi connectivity index (χ0v) is 19.2. The Morgan fingerprint density at radius 2 is 1.66 bits per heavy atom. The van der Waals surface area contributed by atoms with Crippen LogP contribution in [0.2, 0.25) is 0 Å². The molecule has 0 atom stereocenters. The average molecular weight is 498 g/mol. The average Bonchev–Trinajstić information content (AvgIpc) is 2.79. The number of para-hydroxylation sites is 2. The van der Waals surface area contributed by atoms with Crippen LogP contribution in [0.5, 0.6) is 17.2 Å².